The molecular weight excluding hydrogens is 344 g/mol. The SMILES string of the molecule is COC(=O)c1sccc1NC(=O)CCc1nc(-c2ccccn2)no1. The van der Waals surface area contributed by atoms with Crippen LogP contribution in [-0.2, 0) is 16.0 Å². The number of hydrogen-bond donors (Lipinski definition) is 1. The van der Waals surface area contributed by atoms with Crippen LogP contribution >= 0.6 is 11.3 Å². The number of nitrogens with zero attached hydrogens (tertiary/aromatic N) is 3. The topological polar surface area (TPSA) is 107 Å². The predicted octanol–water partition coefficient (Wildman–Crippen LogP) is 2.55. The van der Waals surface area contributed by atoms with Crippen molar-refractivity contribution in [3.05, 3.63) is 46.6 Å². The molecule has 0 saturated heterocycles. The third-order valence-corrected chi connectivity index (χ3v) is 4.13. The molecule has 8 nitrogen and oxygen atoms in total. The molecule has 0 aromatic carbocycles. The van der Waals surface area contributed by atoms with Crippen LogP contribution in [0.5, 0.6) is 0 Å². The Kier molecular flexibility index (Phi) is 5.14. The fourth-order valence-electron chi connectivity index (χ4n) is 2.05. The van der Waals surface area contributed by atoms with Crippen molar-refractivity contribution in [1.82, 2.24) is 15.1 Å². The first-order valence-corrected chi connectivity index (χ1v) is 8.25. The average molecular weight is 358 g/mol. The molecule has 3 rings (SSSR count). The molecule has 0 radical (unpaired) electrons. The van der Waals surface area contributed by atoms with E-state index in [1.807, 2.05) is 6.07 Å². The first-order chi connectivity index (χ1) is 12.2. The van der Waals surface area contributed by atoms with E-state index in [9.17, 15) is 9.59 Å². The van der Waals surface area contributed by atoms with Crippen LogP contribution in [0.25, 0.3) is 11.5 Å². The molecule has 0 spiro atoms. The average Bonchev–Trinajstić information content (AvgIpc) is 3.29. The van der Waals surface area contributed by atoms with Crippen LogP contribution in [0.1, 0.15) is 22.0 Å². The number of thiophene rings is 1. The van der Waals surface area contributed by atoms with Gasteiger partial charge in [-0.15, -0.1) is 11.3 Å². The van der Waals surface area contributed by atoms with E-state index in [-0.39, 0.29) is 18.7 Å². The zero-order chi connectivity index (χ0) is 17.6. The number of pyridine rings is 1. The number of methoxy groups -OCH3 is 1. The fraction of sp³-hybridized carbons (Fsp3) is 0.188. The molecule has 3 aromatic heterocycles. The summed E-state index contributed by atoms with van der Waals surface area (Å²) in [7, 11) is 1.29. The second-order valence-electron chi connectivity index (χ2n) is 4.93. The van der Waals surface area contributed by atoms with Crippen LogP contribution in [0.2, 0.25) is 0 Å². The first kappa shape index (κ1) is 16.8. The summed E-state index contributed by atoms with van der Waals surface area (Å²) in [5.41, 5.74) is 1.03. The van der Waals surface area contributed by atoms with Crippen molar-refractivity contribution in [2.45, 2.75) is 12.8 Å². The largest absolute Gasteiger partial charge is 0.465 e. The van der Waals surface area contributed by atoms with Crippen molar-refractivity contribution < 1.29 is 18.8 Å². The van der Waals surface area contributed by atoms with Gasteiger partial charge in [-0.3, -0.25) is 9.78 Å². The lowest BCUT2D eigenvalue weighted by Gasteiger charge is -2.04. The summed E-state index contributed by atoms with van der Waals surface area (Å²) in [6.45, 7) is 0. The monoisotopic (exact) mass is 358 g/mol. The minimum atomic E-state index is -0.484. The molecular formula is C16H14N4O4S. The van der Waals surface area contributed by atoms with Crippen molar-refractivity contribution in [2.24, 2.45) is 0 Å². The van der Waals surface area contributed by atoms with Gasteiger partial charge in [0, 0.05) is 19.0 Å². The van der Waals surface area contributed by atoms with Crippen LogP contribution < -0.4 is 5.32 Å². The van der Waals surface area contributed by atoms with Gasteiger partial charge >= 0.3 is 5.97 Å². The van der Waals surface area contributed by atoms with Crippen molar-refractivity contribution in [3.8, 4) is 11.5 Å². The van der Waals surface area contributed by atoms with E-state index in [4.69, 9.17) is 4.52 Å². The van der Waals surface area contributed by atoms with E-state index in [0.29, 0.717) is 28.0 Å². The molecule has 1 N–H and O–H groups in total. The van der Waals surface area contributed by atoms with E-state index < -0.39 is 5.97 Å². The molecule has 0 aliphatic carbocycles. The first-order valence-electron chi connectivity index (χ1n) is 7.37. The zero-order valence-corrected chi connectivity index (χ0v) is 14.1. The van der Waals surface area contributed by atoms with Gasteiger partial charge in [-0.1, -0.05) is 11.2 Å². The molecule has 9 heteroatoms. The third kappa shape index (κ3) is 4.07. The Bertz CT molecular complexity index is 875. The summed E-state index contributed by atoms with van der Waals surface area (Å²) < 4.78 is 9.80. The number of rotatable bonds is 6. The van der Waals surface area contributed by atoms with Crippen LogP contribution in [0.3, 0.4) is 0 Å². The van der Waals surface area contributed by atoms with E-state index in [0.717, 1.165) is 0 Å². The summed E-state index contributed by atoms with van der Waals surface area (Å²) in [6, 6.07) is 7.04. The Morgan fingerprint density at radius 3 is 2.96 bits per heavy atom. The lowest BCUT2D eigenvalue weighted by molar-refractivity contribution is -0.116. The molecule has 0 bridgehead atoms. The standard InChI is InChI=1S/C16H14N4O4S/c1-23-16(22)14-10(7-9-25-14)18-12(21)5-6-13-19-15(20-24-13)11-4-2-3-8-17-11/h2-4,7-9H,5-6H2,1H3,(H,18,21). The van der Waals surface area contributed by atoms with E-state index in [1.54, 1.807) is 29.8 Å². The lowest BCUT2D eigenvalue weighted by atomic mass is 10.2. The summed E-state index contributed by atoms with van der Waals surface area (Å²) in [5.74, 6) is -0.0283. The zero-order valence-electron chi connectivity index (χ0n) is 13.3. The smallest absolute Gasteiger partial charge is 0.350 e. The Morgan fingerprint density at radius 1 is 1.32 bits per heavy atom. The predicted molar refractivity (Wildman–Crippen MR) is 90.1 cm³/mol. The number of carbonyl (C=O) groups is 2. The Morgan fingerprint density at radius 2 is 2.20 bits per heavy atom. The molecule has 0 fully saturated rings. The third-order valence-electron chi connectivity index (χ3n) is 3.24. The van der Waals surface area contributed by atoms with Crippen LogP contribution in [0.15, 0.2) is 40.4 Å². The maximum Gasteiger partial charge on any atom is 0.350 e. The van der Waals surface area contributed by atoms with Crippen LogP contribution in [-0.4, -0.2) is 34.1 Å². The summed E-state index contributed by atoms with van der Waals surface area (Å²) in [6.07, 6.45) is 2.06. The summed E-state index contributed by atoms with van der Waals surface area (Å²) in [5, 5.41) is 8.24. The van der Waals surface area contributed by atoms with Crippen LogP contribution in [0.4, 0.5) is 5.69 Å². The number of esters is 1. The second kappa shape index (κ2) is 7.67. The molecule has 0 aliphatic rings. The van der Waals surface area contributed by atoms with Crippen molar-refractivity contribution in [3.63, 3.8) is 0 Å². The number of anilines is 1. The van der Waals surface area contributed by atoms with Gasteiger partial charge < -0.3 is 14.6 Å². The maximum atomic E-state index is 12.1. The Hall–Kier alpha value is -3.07. The highest BCUT2D eigenvalue weighted by molar-refractivity contribution is 7.12. The van der Waals surface area contributed by atoms with Gasteiger partial charge in [0.1, 0.15) is 10.6 Å². The Balaban J connectivity index is 1.57. The molecule has 3 aromatic rings. The van der Waals surface area contributed by atoms with Gasteiger partial charge in [0.05, 0.1) is 12.8 Å². The van der Waals surface area contributed by atoms with Gasteiger partial charge in [0.2, 0.25) is 17.6 Å². The molecule has 0 unspecified atom stereocenters. The van der Waals surface area contributed by atoms with Gasteiger partial charge in [0.25, 0.3) is 0 Å². The highest BCUT2D eigenvalue weighted by Crippen LogP contribution is 2.23. The normalized spacial score (nSPS) is 10.4. The number of aromatic nitrogens is 3. The number of carbonyl (C=O) groups excluding carboxylic acids is 2. The van der Waals surface area contributed by atoms with Gasteiger partial charge in [-0.25, -0.2) is 4.79 Å². The van der Waals surface area contributed by atoms with Gasteiger partial charge in [-0.2, -0.15) is 4.98 Å². The summed E-state index contributed by atoms with van der Waals surface area (Å²) >= 11 is 1.20. The molecule has 0 aliphatic heterocycles. The Labute approximate surface area is 146 Å². The molecule has 128 valence electrons. The minimum Gasteiger partial charge on any atom is -0.465 e. The lowest BCUT2D eigenvalue weighted by Crippen LogP contribution is -2.14. The maximum absolute atomic E-state index is 12.1. The number of ether oxygens (including phenoxy) is 1. The fourth-order valence-corrected chi connectivity index (χ4v) is 2.81. The highest BCUT2D eigenvalue weighted by atomic mass is 32.1. The molecule has 3 heterocycles. The second-order valence-corrected chi connectivity index (χ2v) is 5.85. The number of nitrogens with one attached hydrogen (secondary N) is 1. The van der Waals surface area contributed by atoms with Crippen LogP contribution in [0, 0.1) is 0 Å². The number of amides is 1. The number of aryl methyl sites for hydroxylation is 1. The van der Waals surface area contributed by atoms with Crippen molar-refractivity contribution in [1.29, 1.82) is 0 Å². The van der Waals surface area contributed by atoms with Crippen molar-refractivity contribution >= 4 is 28.9 Å². The van der Waals surface area contributed by atoms with E-state index in [2.05, 4.69) is 25.2 Å². The quantitative estimate of drug-likeness (QED) is 0.675. The van der Waals surface area contributed by atoms with E-state index in [1.165, 1.54) is 18.4 Å². The van der Waals surface area contributed by atoms with E-state index >= 15 is 0 Å². The van der Waals surface area contributed by atoms with Gasteiger partial charge in [-0.05, 0) is 23.6 Å². The van der Waals surface area contributed by atoms with Crippen molar-refractivity contribution in [2.75, 3.05) is 12.4 Å². The summed E-state index contributed by atoms with van der Waals surface area (Å²) in [4.78, 5) is 32.4. The molecule has 0 atom stereocenters. The highest BCUT2D eigenvalue weighted by Gasteiger charge is 2.16. The molecule has 1 amide bonds. The molecule has 25 heavy (non-hydrogen) atoms. The molecule has 0 saturated carbocycles. The minimum absolute atomic E-state index is 0.139. The van der Waals surface area contributed by atoms with Gasteiger partial charge in [0.15, 0.2) is 0 Å². The number of hydrogen-bond acceptors (Lipinski definition) is 8.